The maximum Gasteiger partial charge on any atom is 0.333 e. The predicted octanol–water partition coefficient (Wildman–Crippen LogP) is -0.952. The summed E-state index contributed by atoms with van der Waals surface area (Å²) in [6, 6.07) is 0. The Morgan fingerprint density at radius 2 is 1.78 bits per heavy atom. The fourth-order valence-corrected chi connectivity index (χ4v) is 1.35. The molecule has 0 bridgehead atoms. The highest BCUT2D eigenvalue weighted by atomic mass is 16.3. The molecule has 0 saturated carbocycles. The third kappa shape index (κ3) is 2.34. The molecule has 0 radical (unpaired) electrons. The SMILES string of the molecule is CN(C)C=CC(=O)c1c(O)n(C)c(=O)n(C)c1=O. The summed E-state index contributed by atoms with van der Waals surface area (Å²) in [5.41, 5.74) is -1.92. The van der Waals surface area contributed by atoms with E-state index in [0.29, 0.717) is 0 Å². The van der Waals surface area contributed by atoms with Crippen LogP contribution in [-0.2, 0) is 14.1 Å². The number of aromatic hydroxyl groups is 1. The van der Waals surface area contributed by atoms with Crippen LogP contribution in [0.2, 0.25) is 0 Å². The van der Waals surface area contributed by atoms with Crippen molar-refractivity contribution in [2.24, 2.45) is 14.1 Å². The van der Waals surface area contributed by atoms with E-state index in [0.717, 1.165) is 15.2 Å². The van der Waals surface area contributed by atoms with Crippen molar-refractivity contribution in [3.8, 4) is 5.88 Å². The number of nitrogens with zero attached hydrogens (tertiary/aromatic N) is 3. The minimum Gasteiger partial charge on any atom is -0.494 e. The van der Waals surface area contributed by atoms with E-state index < -0.39 is 28.5 Å². The molecule has 0 aliphatic carbocycles. The smallest absolute Gasteiger partial charge is 0.333 e. The number of hydrogen-bond donors (Lipinski definition) is 1. The minimum atomic E-state index is -0.816. The van der Waals surface area contributed by atoms with E-state index in [4.69, 9.17) is 0 Å². The second-order valence-corrected chi connectivity index (χ2v) is 4.05. The minimum absolute atomic E-state index is 0.419. The molecule has 1 heterocycles. The molecule has 0 amide bonds. The average Bonchev–Trinajstić information content (AvgIpc) is 2.31. The molecule has 0 spiro atoms. The second-order valence-electron chi connectivity index (χ2n) is 4.05. The zero-order valence-corrected chi connectivity index (χ0v) is 10.7. The number of rotatable bonds is 3. The molecule has 98 valence electrons. The van der Waals surface area contributed by atoms with Crippen molar-refractivity contribution in [2.75, 3.05) is 14.1 Å². The van der Waals surface area contributed by atoms with E-state index in [-0.39, 0.29) is 0 Å². The van der Waals surface area contributed by atoms with Gasteiger partial charge in [-0.1, -0.05) is 0 Å². The molecule has 0 aliphatic rings. The summed E-state index contributed by atoms with van der Waals surface area (Å²) in [5, 5.41) is 9.70. The number of allylic oxidation sites excluding steroid dienone is 1. The van der Waals surface area contributed by atoms with E-state index in [1.165, 1.54) is 20.3 Å². The third-order valence-electron chi connectivity index (χ3n) is 2.40. The molecule has 1 aromatic rings. The Balaban J connectivity index is 3.48. The van der Waals surface area contributed by atoms with Gasteiger partial charge in [-0.2, -0.15) is 0 Å². The topological polar surface area (TPSA) is 84.5 Å². The van der Waals surface area contributed by atoms with E-state index in [1.54, 1.807) is 19.0 Å². The summed E-state index contributed by atoms with van der Waals surface area (Å²) in [6.07, 6.45) is 2.60. The van der Waals surface area contributed by atoms with Gasteiger partial charge in [-0.05, 0) is 0 Å². The van der Waals surface area contributed by atoms with Gasteiger partial charge in [0.15, 0.2) is 5.78 Å². The molecule has 1 rings (SSSR count). The highest BCUT2D eigenvalue weighted by Gasteiger charge is 2.19. The van der Waals surface area contributed by atoms with Crippen LogP contribution in [0.4, 0.5) is 0 Å². The Hall–Kier alpha value is -2.31. The lowest BCUT2D eigenvalue weighted by Crippen LogP contribution is -2.39. The predicted molar refractivity (Wildman–Crippen MR) is 65.7 cm³/mol. The first-order chi connectivity index (χ1) is 8.27. The zero-order chi connectivity index (χ0) is 14.0. The van der Waals surface area contributed by atoms with Gasteiger partial charge < -0.3 is 10.0 Å². The normalized spacial score (nSPS) is 10.9. The highest BCUT2D eigenvalue weighted by Crippen LogP contribution is 2.09. The largest absolute Gasteiger partial charge is 0.494 e. The van der Waals surface area contributed by atoms with Crippen molar-refractivity contribution in [1.82, 2.24) is 14.0 Å². The molecular weight excluding hydrogens is 238 g/mol. The molecule has 0 saturated heterocycles. The van der Waals surface area contributed by atoms with Gasteiger partial charge in [0.25, 0.3) is 5.56 Å². The van der Waals surface area contributed by atoms with Crippen LogP contribution in [0.25, 0.3) is 0 Å². The lowest BCUT2D eigenvalue weighted by molar-refractivity contribution is 0.103. The van der Waals surface area contributed by atoms with Crippen LogP contribution in [-0.4, -0.2) is 39.0 Å². The van der Waals surface area contributed by atoms with Gasteiger partial charge in [0.2, 0.25) is 5.88 Å². The summed E-state index contributed by atoms with van der Waals surface area (Å²) in [6.45, 7) is 0. The van der Waals surface area contributed by atoms with Crippen molar-refractivity contribution in [3.05, 3.63) is 38.7 Å². The van der Waals surface area contributed by atoms with Crippen LogP contribution in [0.1, 0.15) is 10.4 Å². The lowest BCUT2D eigenvalue weighted by Gasteiger charge is -2.08. The fourth-order valence-electron chi connectivity index (χ4n) is 1.35. The van der Waals surface area contributed by atoms with Crippen molar-refractivity contribution >= 4 is 5.78 Å². The van der Waals surface area contributed by atoms with Crippen LogP contribution in [0.5, 0.6) is 5.88 Å². The number of hydrogen-bond acceptors (Lipinski definition) is 5. The first-order valence-corrected chi connectivity index (χ1v) is 5.15. The highest BCUT2D eigenvalue weighted by molar-refractivity contribution is 6.05. The van der Waals surface area contributed by atoms with Gasteiger partial charge >= 0.3 is 5.69 Å². The number of carbonyl (C=O) groups excluding carboxylic acids is 1. The molecular formula is C11H15N3O4. The Bertz CT molecular complexity index is 622. The van der Waals surface area contributed by atoms with E-state index in [2.05, 4.69) is 0 Å². The average molecular weight is 253 g/mol. The molecule has 0 unspecified atom stereocenters. The standard InChI is InChI=1S/C11H15N3O4/c1-12(2)6-5-7(15)8-9(16)13(3)11(18)14(4)10(8)17/h5-6,16H,1-4H3. The fraction of sp³-hybridized carbons (Fsp3) is 0.364. The van der Waals surface area contributed by atoms with E-state index in [1.807, 2.05) is 0 Å². The molecule has 0 fully saturated rings. The second kappa shape index (κ2) is 4.91. The quantitative estimate of drug-likeness (QED) is 0.554. The molecule has 18 heavy (non-hydrogen) atoms. The van der Waals surface area contributed by atoms with Crippen LogP contribution in [0.15, 0.2) is 21.9 Å². The molecule has 7 heteroatoms. The summed E-state index contributed by atoms with van der Waals surface area (Å²) < 4.78 is 1.62. The molecule has 1 N–H and O–H groups in total. The zero-order valence-electron chi connectivity index (χ0n) is 10.7. The Morgan fingerprint density at radius 3 is 2.28 bits per heavy atom. The first kappa shape index (κ1) is 13.8. The van der Waals surface area contributed by atoms with E-state index >= 15 is 0 Å². The summed E-state index contributed by atoms with van der Waals surface area (Å²) in [4.78, 5) is 36.7. The molecule has 1 aromatic heterocycles. The third-order valence-corrected chi connectivity index (χ3v) is 2.40. The lowest BCUT2D eigenvalue weighted by atomic mass is 10.2. The van der Waals surface area contributed by atoms with Crippen LogP contribution >= 0.6 is 0 Å². The number of aromatic nitrogens is 2. The Morgan fingerprint density at radius 1 is 1.22 bits per heavy atom. The summed E-state index contributed by atoms with van der Waals surface area (Å²) >= 11 is 0. The van der Waals surface area contributed by atoms with Crippen molar-refractivity contribution in [2.45, 2.75) is 0 Å². The van der Waals surface area contributed by atoms with Gasteiger partial charge in [-0.25, -0.2) is 4.79 Å². The van der Waals surface area contributed by atoms with Gasteiger partial charge in [0.05, 0.1) is 0 Å². The van der Waals surface area contributed by atoms with Gasteiger partial charge in [-0.3, -0.25) is 18.7 Å². The van der Waals surface area contributed by atoms with Crippen molar-refractivity contribution < 1.29 is 9.90 Å². The van der Waals surface area contributed by atoms with Crippen LogP contribution in [0, 0.1) is 0 Å². The van der Waals surface area contributed by atoms with Crippen LogP contribution in [0.3, 0.4) is 0 Å². The van der Waals surface area contributed by atoms with E-state index in [9.17, 15) is 19.5 Å². The summed E-state index contributed by atoms with van der Waals surface area (Å²) in [5.74, 6) is -1.28. The molecule has 0 aliphatic heterocycles. The molecule has 0 atom stereocenters. The molecule has 0 aromatic carbocycles. The van der Waals surface area contributed by atoms with Crippen LogP contribution < -0.4 is 11.2 Å². The number of carbonyl (C=O) groups is 1. The maximum atomic E-state index is 11.8. The van der Waals surface area contributed by atoms with Gasteiger partial charge in [0.1, 0.15) is 5.56 Å². The van der Waals surface area contributed by atoms with Crippen molar-refractivity contribution in [1.29, 1.82) is 0 Å². The van der Waals surface area contributed by atoms with Crippen molar-refractivity contribution in [3.63, 3.8) is 0 Å². The number of ketones is 1. The van der Waals surface area contributed by atoms with Gasteiger partial charge in [0, 0.05) is 40.5 Å². The monoisotopic (exact) mass is 253 g/mol. The Kier molecular flexibility index (Phi) is 3.75. The Labute approximate surface area is 103 Å². The van der Waals surface area contributed by atoms with Gasteiger partial charge in [-0.15, -0.1) is 0 Å². The summed E-state index contributed by atoms with van der Waals surface area (Å²) in [7, 11) is 5.95. The molecule has 7 nitrogen and oxygen atoms in total. The first-order valence-electron chi connectivity index (χ1n) is 5.15. The maximum absolute atomic E-state index is 11.8.